The highest BCUT2D eigenvalue weighted by Crippen LogP contribution is 2.19. The Kier molecular flexibility index (Phi) is 2.32. The number of aromatic nitrogens is 3. The molecule has 3 N–H and O–H groups in total. The first-order valence-corrected chi connectivity index (χ1v) is 4.46. The maximum atomic E-state index is 8.72. The normalized spacial score (nSPS) is 10.7. The van der Waals surface area contributed by atoms with Gasteiger partial charge in [-0.1, -0.05) is 0 Å². The molecule has 0 aliphatic heterocycles. The van der Waals surface area contributed by atoms with Gasteiger partial charge in [-0.3, -0.25) is 5.10 Å². The molecule has 2 aromatic heterocycles. The van der Waals surface area contributed by atoms with Crippen molar-refractivity contribution in [3.63, 3.8) is 0 Å². The molecule has 0 saturated carbocycles. The lowest BCUT2D eigenvalue weighted by Crippen LogP contribution is -2.06. The second-order valence-corrected chi connectivity index (χ2v) is 3.09. The molecule has 0 saturated heterocycles. The number of rotatable bonds is 3. The summed E-state index contributed by atoms with van der Waals surface area (Å²) < 4.78 is 0. The Morgan fingerprint density at radius 1 is 1.57 bits per heavy atom. The van der Waals surface area contributed by atoms with Crippen molar-refractivity contribution in [3.05, 3.63) is 18.0 Å². The van der Waals surface area contributed by atoms with E-state index in [0.29, 0.717) is 6.54 Å². The van der Waals surface area contributed by atoms with E-state index in [9.17, 15) is 0 Å². The van der Waals surface area contributed by atoms with E-state index in [1.165, 1.54) is 0 Å². The summed E-state index contributed by atoms with van der Waals surface area (Å²) in [5, 5.41) is 18.6. The Labute approximate surface area is 81.2 Å². The number of aryl methyl sites for hydroxylation is 1. The van der Waals surface area contributed by atoms with Gasteiger partial charge in [0.2, 0.25) is 0 Å². The molecule has 0 aromatic carbocycles. The van der Waals surface area contributed by atoms with E-state index >= 15 is 0 Å². The van der Waals surface area contributed by atoms with E-state index in [2.05, 4.69) is 20.5 Å². The number of anilines is 1. The number of nitrogens with one attached hydrogen (secondary N) is 2. The van der Waals surface area contributed by atoms with Crippen LogP contribution in [0.25, 0.3) is 11.0 Å². The third kappa shape index (κ3) is 1.54. The largest absolute Gasteiger partial charge is 0.395 e. The zero-order chi connectivity index (χ0) is 9.97. The first-order valence-electron chi connectivity index (χ1n) is 4.46. The summed E-state index contributed by atoms with van der Waals surface area (Å²) in [6.45, 7) is 2.56. The number of hydrogen-bond acceptors (Lipinski definition) is 4. The number of pyridine rings is 1. The minimum Gasteiger partial charge on any atom is -0.395 e. The molecule has 0 atom stereocenters. The minimum absolute atomic E-state index is 0.108. The molecular formula is C9H12N4O. The third-order valence-corrected chi connectivity index (χ3v) is 1.97. The fraction of sp³-hybridized carbons (Fsp3) is 0.333. The second-order valence-electron chi connectivity index (χ2n) is 3.09. The maximum Gasteiger partial charge on any atom is 0.110 e. The smallest absolute Gasteiger partial charge is 0.110 e. The predicted molar refractivity (Wildman–Crippen MR) is 54.2 cm³/mol. The summed E-state index contributed by atoms with van der Waals surface area (Å²) in [5.74, 6) is 0. The molecule has 2 aromatic rings. The molecule has 2 rings (SSSR count). The van der Waals surface area contributed by atoms with E-state index in [-0.39, 0.29) is 6.61 Å². The van der Waals surface area contributed by atoms with Crippen LogP contribution >= 0.6 is 0 Å². The van der Waals surface area contributed by atoms with Crippen molar-refractivity contribution in [2.75, 3.05) is 18.5 Å². The highest BCUT2D eigenvalue weighted by atomic mass is 16.3. The van der Waals surface area contributed by atoms with Gasteiger partial charge in [-0.25, -0.2) is 4.98 Å². The van der Waals surface area contributed by atoms with Crippen LogP contribution in [0.4, 0.5) is 5.69 Å². The number of aliphatic hydroxyl groups is 1. The van der Waals surface area contributed by atoms with Crippen molar-refractivity contribution in [1.29, 1.82) is 0 Å². The summed E-state index contributed by atoms with van der Waals surface area (Å²) in [5.41, 5.74) is 3.58. The topological polar surface area (TPSA) is 73.8 Å². The Hall–Kier alpha value is -1.62. The Morgan fingerprint density at radius 3 is 3.21 bits per heavy atom. The molecular weight excluding hydrogens is 180 g/mol. The summed E-state index contributed by atoms with van der Waals surface area (Å²) in [6, 6.07) is 1.93. The van der Waals surface area contributed by atoms with Gasteiger partial charge in [-0.15, -0.1) is 0 Å². The van der Waals surface area contributed by atoms with Gasteiger partial charge in [0, 0.05) is 12.2 Å². The standard InChI is InChI=1S/C9H12N4O/c1-6-4-7(10-2-3-14)9-8(12-6)5-11-13-9/h4-5,14H,2-3H2,1H3,(H,10,12)(H,11,13). The molecule has 0 bridgehead atoms. The zero-order valence-corrected chi connectivity index (χ0v) is 7.91. The molecule has 0 aliphatic rings. The number of aliphatic hydroxyl groups excluding tert-OH is 1. The molecule has 0 unspecified atom stereocenters. The fourth-order valence-electron chi connectivity index (χ4n) is 1.40. The van der Waals surface area contributed by atoms with Crippen LogP contribution < -0.4 is 5.32 Å². The lowest BCUT2D eigenvalue weighted by molar-refractivity contribution is 0.311. The quantitative estimate of drug-likeness (QED) is 0.668. The SMILES string of the molecule is Cc1cc(NCCO)c2[nH]ncc2n1. The molecule has 0 amide bonds. The van der Waals surface area contributed by atoms with Crippen LogP contribution in [0.3, 0.4) is 0 Å². The first-order chi connectivity index (χ1) is 6.81. The van der Waals surface area contributed by atoms with Crippen LogP contribution in [0.1, 0.15) is 5.69 Å². The van der Waals surface area contributed by atoms with Crippen molar-refractivity contribution >= 4 is 16.7 Å². The lowest BCUT2D eigenvalue weighted by atomic mass is 10.3. The van der Waals surface area contributed by atoms with Gasteiger partial charge < -0.3 is 10.4 Å². The number of H-pyrrole nitrogens is 1. The first kappa shape index (κ1) is 8.96. The third-order valence-electron chi connectivity index (χ3n) is 1.97. The Morgan fingerprint density at radius 2 is 2.43 bits per heavy atom. The van der Waals surface area contributed by atoms with E-state index in [1.54, 1.807) is 6.20 Å². The number of nitrogens with zero attached hydrogens (tertiary/aromatic N) is 2. The average Bonchev–Trinajstić information content (AvgIpc) is 2.61. The van der Waals surface area contributed by atoms with Crippen molar-refractivity contribution in [2.24, 2.45) is 0 Å². The van der Waals surface area contributed by atoms with E-state index in [0.717, 1.165) is 22.4 Å². The van der Waals surface area contributed by atoms with Crippen molar-refractivity contribution in [3.8, 4) is 0 Å². The van der Waals surface area contributed by atoms with Crippen LogP contribution in [0.15, 0.2) is 12.3 Å². The molecule has 0 fully saturated rings. The van der Waals surface area contributed by atoms with Gasteiger partial charge in [0.05, 0.1) is 18.5 Å². The van der Waals surface area contributed by atoms with Crippen LogP contribution in [-0.2, 0) is 0 Å². The number of fused-ring (bicyclic) bond motifs is 1. The molecule has 5 nitrogen and oxygen atoms in total. The number of hydrogen-bond donors (Lipinski definition) is 3. The van der Waals surface area contributed by atoms with Gasteiger partial charge in [-0.05, 0) is 13.0 Å². The monoisotopic (exact) mass is 192 g/mol. The average molecular weight is 192 g/mol. The summed E-state index contributed by atoms with van der Waals surface area (Å²) >= 11 is 0. The van der Waals surface area contributed by atoms with Gasteiger partial charge in [0.1, 0.15) is 11.0 Å². The van der Waals surface area contributed by atoms with Crippen molar-refractivity contribution < 1.29 is 5.11 Å². The van der Waals surface area contributed by atoms with E-state index < -0.39 is 0 Å². The van der Waals surface area contributed by atoms with Crippen LogP contribution in [0, 0.1) is 6.92 Å². The molecule has 74 valence electrons. The Balaban J connectivity index is 2.44. The molecule has 0 aliphatic carbocycles. The van der Waals surface area contributed by atoms with E-state index in [1.807, 2.05) is 13.0 Å². The van der Waals surface area contributed by atoms with Gasteiger partial charge in [0.15, 0.2) is 0 Å². The van der Waals surface area contributed by atoms with Crippen LogP contribution in [0.2, 0.25) is 0 Å². The molecule has 5 heteroatoms. The predicted octanol–water partition coefficient (Wildman–Crippen LogP) is 0.671. The van der Waals surface area contributed by atoms with Gasteiger partial charge >= 0.3 is 0 Å². The zero-order valence-electron chi connectivity index (χ0n) is 7.91. The van der Waals surface area contributed by atoms with Crippen molar-refractivity contribution in [2.45, 2.75) is 6.92 Å². The maximum absolute atomic E-state index is 8.72. The highest BCUT2D eigenvalue weighted by Gasteiger charge is 2.04. The number of aromatic amines is 1. The molecule has 2 heterocycles. The molecule has 14 heavy (non-hydrogen) atoms. The summed E-state index contributed by atoms with van der Waals surface area (Å²) in [6.07, 6.45) is 1.69. The van der Waals surface area contributed by atoms with Crippen LogP contribution in [0.5, 0.6) is 0 Å². The molecule has 0 radical (unpaired) electrons. The Bertz CT molecular complexity index is 437. The minimum atomic E-state index is 0.108. The van der Waals surface area contributed by atoms with Gasteiger partial charge in [0.25, 0.3) is 0 Å². The van der Waals surface area contributed by atoms with E-state index in [4.69, 9.17) is 5.11 Å². The molecule has 0 spiro atoms. The van der Waals surface area contributed by atoms with Gasteiger partial charge in [-0.2, -0.15) is 5.10 Å². The summed E-state index contributed by atoms with van der Waals surface area (Å²) in [7, 11) is 0. The van der Waals surface area contributed by atoms with Crippen molar-refractivity contribution in [1.82, 2.24) is 15.2 Å². The summed E-state index contributed by atoms with van der Waals surface area (Å²) in [4.78, 5) is 4.31. The lowest BCUT2D eigenvalue weighted by Gasteiger charge is -2.05. The second kappa shape index (κ2) is 3.63. The van der Waals surface area contributed by atoms with Crippen LogP contribution in [-0.4, -0.2) is 33.4 Å². The fourth-order valence-corrected chi connectivity index (χ4v) is 1.40. The highest BCUT2D eigenvalue weighted by molar-refractivity contribution is 5.87.